The third kappa shape index (κ3) is 3.22. The van der Waals surface area contributed by atoms with Crippen LogP contribution in [0, 0.1) is 26.7 Å². The summed E-state index contributed by atoms with van der Waals surface area (Å²) in [5.41, 5.74) is 4.31. The number of aliphatic hydroxyl groups is 1. The molecule has 0 unspecified atom stereocenters. The van der Waals surface area contributed by atoms with Crippen LogP contribution in [0.1, 0.15) is 57.2 Å². The molecule has 6 nitrogen and oxygen atoms in total. The summed E-state index contributed by atoms with van der Waals surface area (Å²) in [5.74, 6) is 0.666. The van der Waals surface area contributed by atoms with Gasteiger partial charge in [-0.2, -0.15) is 0 Å². The van der Waals surface area contributed by atoms with Gasteiger partial charge < -0.3 is 20.1 Å². The Hall–Kier alpha value is -2.60. The van der Waals surface area contributed by atoms with Gasteiger partial charge >= 0.3 is 0 Å². The maximum atomic E-state index is 13.1. The van der Waals surface area contributed by atoms with Crippen molar-refractivity contribution in [2.45, 2.75) is 52.2 Å². The monoisotopic (exact) mass is 382 g/mol. The van der Waals surface area contributed by atoms with Crippen LogP contribution < -0.4 is 15.6 Å². The standard InChI is InChI=1S/C22H26N2O4/c1-11-12(2)19(21(26)23-13(11)3)22(27)24-20(16-9-17(25)10-16)15-4-5-18-14(8-15)6-7-28-18/h4-5,8,16-17,20,25H,6-7,9-10H2,1-3H3,(H,23,26)(H,24,27)/t16?,17?,20-/m0/s1. The fraction of sp³-hybridized carbons (Fsp3) is 0.455. The molecule has 2 aliphatic rings. The Labute approximate surface area is 163 Å². The smallest absolute Gasteiger partial charge is 0.261 e. The average Bonchev–Trinajstić information content (AvgIpc) is 3.09. The summed E-state index contributed by atoms with van der Waals surface area (Å²) in [6, 6.07) is 5.74. The zero-order valence-electron chi connectivity index (χ0n) is 16.5. The molecule has 1 saturated carbocycles. The van der Waals surface area contributed by atoms with Crippen molar-refractivity contribution in [1.82, 2.24) is 10.3 Å². The number of benzene rings is 1. The highest BCUT2D eigenvalue weighted by Gasteiger charge is 2.36. The van der Waals surface area contributed by atoms with E-state index in [1.54, 1.807) is 6.92 Å². The Morgan fingerprint density at radius 3 is 2.71 bits per heavy atom. The van der Waals surface area contributed by atoms with Crippen molar-refractivity contribution in [2.24, 2.45) is 5.92 Å². The Morgan fingerprint density at radius 2 is 2.00 bits per heavy atom. The lowest BCUT2D eigenvalue weighted by molar-refractivity contribution is 0.0235. The lowest BCUT2D eigenvalue weighted by Gasteiger charge is -2.38. The van der Waals surface area contributed by atoms with Gasteiger partial charge in [0.2, 0.25) is 0 Å². The van der Waals surface area contributed by atoms with Crippen molar-refractivity contribution in [3.63, 3.8) is 0 Å². The first kappa shape index (κ1) is 18.7. The highest BCUT2D eigenvalue weighted by molar-refractivity contribution is 5.95. The molecular formula is C22H26N2O4. The summed E-state index contributed by atoms with van der Waals surface area (Å²) in [7, 11) is 0. The van der Waals surface area contributed by atoms with E-state index in [2.05, 4.69) is 16.4 Å². The van der Waals surface area contributed by atoms with Crippen molar-refractivity contribution < 1.29 is 14.6 Å². The minimum Gasteiger partial charge on any atom is -0.493 e. The number of carbonyl (C=O) groups is 1. The number of hydrogen-bond acceptors (Lipinski definition) is 4. The van der Waals surface area contributed by atoms with Crippen molar-refractivity contribution >= 4 is 5.91 Å². The van der Waals surface area contributed by atoms with E-state index < -0.39 is 0 Å². The van der Waals surface area contributed by atoms with Crippen LogP contribution in [0.4, 0.5) is 0 Å². The third-order valence-electron chi connectivity index (χ3n) is 6.24. The summed E-state index contributed by atoms with van der Waals surface area (Å²) in [6.45, 7) is 6.21. The third-order valence-corrected chi connectivity index (χ3v) is 6.24. The lowest BCUT2D eigenvalue weighted by atomic mass is 9.74. The first-order valence-corrected chi connectivity index (χ1v) is 9.79. The SMILES string of the molecule is Cc1[nH]c(=O)c(C(=O)N[C@@H](c2ccc3c(c2)CCO3)C2CC(O)C2)c(C)c1C. The van der Waals surface area contributed by atoms with Crippen molar-refractivity contribution in [1.29, 1.82) is 0 Å². The Kier molecular flexibility index (Phi) is 4.75. The largest absolute Gasteiger partial charge is 0.493 e. The van der Waals surface area contributed by atoms with E-state index in [9.17, 15) is 14.7 Å². The maximum absolute atomic E-state index is 13.1. The topological polar surface area (TPSA) is 91.4 Å². The number of amides is 1. The summed E-state index contributed by atoms with van der Waals surface area (Å²) in [5, 5.41) is 12.9. The molecule has 148 valence electrons. The minimum absolute atomic E-state index is 0.144. The van der Waals surface area contributed by atoms with Gasteiger partial charge in [-0.3, -0.25) is 9.59 Å². The molecule has 6 heteroatoms. The average molecular weight is 382 g/mol. The van der Waals surface area contributed by atoms with Gasteiger partial charge in [-0.1, -0.05) is 6.07 Å². The van der Waals surface area contributed by atoms with Crippen LogP contribution >= 0.6 is 0 Å². The molecule has 2 heterocycles. The summed E-state index contributed by atoms with van der Waals surface area (Å²) in [4.78, 5) is 28.3. The molecule has 28 heavy (non-hydrogen) atoms. The number of ether oxygens (including phenoxy) is 1. The van der Waals surface area contributed by atoms with E-state index in [1.165, 1.54) is 0 Å². The lowest BCUT2D eigenvalue weighted by Crippen LogP contribution is -2.43. The van der Waals surface area contributed by atoms with Crippen LogP contribution in [-0.4, -0.2) is 28.7 Å². The molecule has 1 aromatic carbocycles. The number of aryl methyl sites for hydroxylation is 1. The van der Waals surface area contributed by atoms with Gasteiger partial charge in [-0.05, 0) is 73.9 Å². The molecule has 0 saturated heterocycles. The Bertz CT molecular complexity index is 989. The maximum Gasteiger partial charge on any atom is 0.261 e. The zero-order chi connectivity index (χ0) is 20.0. The number of aliphatic hydroxyl groups excluding tert-OH is 1. The fourth-order valence-electron chi connectivity index (χ4n) is 4.23. The van der Waals surface area contributed by atoms with Gasteiger partial charge in [0, 0.05) is 12.1 Å². The van der Waals surface area contributed by atoms with Crippen molar-refractivity contribution in [2.75, 3.05) is 6.61 Å². The number of carbonyl (C=O) groups excluding carboxylic acids is 1. The molecule has 0 spiro atoms. The molecule has 4 rings (SSSR count). The van der Waals surface area contributed by atoms with E-state index >= 15 is 0 Å². The summed E-state index contributed by atoms with van der Waals surface area (Å²) >= 11 is 0. The van der Waals surface area contributed by atoms with Crippen molar-refractivity contribution in [3.8, 4) is 5.75 Å². The number of aromatic amines is 1. The van der Waals surface area contributed by atoms with Crippen LogP contribution in [-0.2, 0) is 6.42 Å². The predicted octanol–water partition coefficient (Wildman–Crippen LogP) is 2.48. The highest BCUT2D eigenvalue weighted by Crippen LogP contribution is 2.40. The minimum atomic E-state index is -0.370. The number of H-pyrrole nitrogens is 1. The molecule has 1 atom stereocenters. The highest BCUT2D eigenvalue weighted by atomic mass is 16.5. The Balaban J connectivity index is 1.66. The van der Waals surface area contributed by atoms with E-state index in [-0.39, 0.29) is 35.1 Å². The van der Waals surface area contributed by atoms with Crippen LogP contribution in [0.25, 0.3) is 0 Å². The van der Waals surface area contributed by atoms with Crippen LogP contribution in [0.2, 0.25) is 0 Å². The van der Waals surface area contributed by atoms with Gasteiger partial charge in [0.25, 0.3) is 11.5 Å². The molecule has 3 N–H and O–H groups in total. The van der Waals surface area contributed by atoms with E-state index in [4.69, 9.17) is 4.74 Å². The van der Waals surface area contributed by atoms with E-state index in [0.717, 1.165) is 34.6 Å². The van der Waals surface area contributed by atoms with Crippen molar-refractivity contribution in [3.05, 3.63) is 62.1 Å². The molecule has 1 aliphatic carbocycles. The molecule has 1 aromatic heterocycles. The molecule has 1 amide bonds. The second-order valence-electron chi connectivity index (χ2n) is 8.01. The van der Waals surface area contributed by atoms with E-state index in [1.807, 2.05) is 26.0 Å². The van der Waals surface area contributed by atoms with Gasteiger partial charge in [0.05, 0.1) is 18.8 Å². The molecule has 1 fully saturated rings. The summed E-state index contributed by atoms with van der Waals surface area (Å²) < 4.78 is 5.58. The zero-order valence-corrected chi connectivity index (χ0v) is 16.5. The van der Waals surface area contributed by atoms with Crippen LogP contribution in [0.5, 0.6) is 5.75 Å². The molecule has 2 aromatic rings. The first-order valence-electron chi connectivity index (χ1n) is 9.79. The Morgan fingerprint density at radius 1 is 1.25 bits per heavy atom. The molecular weight excluding hydrogens is 356 g/mol. The number of hydrogen-bond donors (Lipinski definition) is 3. The normalized spacial score (nSPS) is 21.4. The molecule has 1 aliphatic heterocycles. The van der Waals surface area contributed by atoms with Gasteiger partial charge in [0.1, 0.15) is 11.3 Å². The number of nitrogens with one attached hydrogen (secondary N) is 2. The fourth-order valence-corrected chi connectivity index (χ4v) is 4.23. The number of pyridine rings is 1. The number of fused-ring (bicyclic) bond motifs is 1. The van der Waals surface area contributed by atoms with E-state index in [0.29, 0.717) is 25.0 Å². The quantitative estimate of drug-likeness (QED) is 0.758. The molecule has 0 bridgehead atoms. The number of rotatable bonds is 4. The van der Waals surface area contributed by atoms with Gasteiger partial charge in [-0.25, -0.2) is 0 Å². The van der Waals surface area contributed by atoms with Crippen LogP contribution in [0.3, 0.4) is 0 Å². The number of aromatic nitrogens is 1. The summed E-state index contributed by atoms with van der Waals surface area (Å²) in [6.07, 6.45) is 1.81. The van der Waals surface area contributed by atoms with Gasteiger partial charge in [0.15, 0.2) is 0 Å². The van der Waals surface area contributed by atoms with Gasteiger partial charge in [-0.15, -0.1) is 0 Å². The second kappa shape index (κ2) is 7.09. The predicted molar refractivity (Wildman–Crippen MR) is 106 cm³/mol. The second-order valence-corrected chi connectivity index (χ2v) is 8.01. The first-order chi connectivity index (χ1) is 13.3. The molecule has 0 radical (unpaired) electrons. The van der Waals surface area contributed by atoms with Crippen LogP contribution in [0.15, 0.2) is 23.0 Å².